The van der Waals surface area contributed by atoms with E-state index < -0.39 is 10.6 Å². The van der Waals surface area contributed by atoms with Crippen molar-refractivity contribution in [3.8, 4) is 22.4 Å². The summed E-state index contributed by atoms with van der Waals surface area (Å²) in [5, 5.41) is 0. The Bertz CT molecular complexity index is 1400. The summed E-state index contributed by atoms with van der Waals surface area (Å²) >= 11 is 0. The zero-order valence-corrected chi connectivity index (χ0v) is 22.5. The van der Waals surface area contributed by atoms with Crippen molar-refractivity contribution in [2.24, 2.45) is 0 Å². The lowest BCUT2D eigenvalue weighted by atomic mass is 10.0. The molecule has 4 aromatic rings. The van der Waals surface area contributed by atoms with Crippen LogP contribution in [-0.2, 0) is 6.54 Å². The van der Waals surface area contributed by atoms with Crippen LogP contribution in [0.2, 0.25) is 0 Å². The summed E-state index contributed by atoms with van der Waals surface area (Å²) in [5.41, 5.74) is 6.88. The molecule has 198 valence electrons. The van der Waals surface area contributed by atoms with E-state index in [9.17, 15) is 9.11 Å². The fraction of sp³-hybridized carbons (Fsp3) is 0.345. The summed E-state index contributed by atoms with van der Waals surface area (Å²) in [6, 6.07) is 18.9. The predicted molar refractivity (Wildman–Crippen MR) is 156 cm³/mol. The molecule has 0 atom stereocenters. The SMILES string of the molecule is CN1CCN(c2ccc(-c3cnc4cccc(-c5ccc(CN6CCS(O)(O)CC6)cc5)c4n3)cn2)CC1. The highest BCUT2D eigenvalue weighted by Gasteiger charge is 2.22. The van der Waals surface area contributed by atoms with Crippen LogP contribution in [0.4, 0.5) is 5.82 Å². The fourth-order valence-electron chi connectivity index (χ4n) is 5.14. The number of hydrogen-bond acceptors (Lipinski definition) is 8. The first kappa shape index (κ1) is 25.2. The molecule has 2 aromatic heterocycles. The fourth-order valence-corrected chi connectivity index (χ4v) is 6.44. The molecule has 8 nitrogen and oxygen atoms in total. The van der Waals surface area contributed by atoms with Crippen LogP contribution in [0.15, 0.2) is 67.0 Å². The molecule has 0 spiro atoms. The van der Waals surface area contributed by atoms with Crippen molar-refractivity contribution in [2.75, 3.05) is 62.7 Å². The molecule has 2 N–H and O–H groups in total. The van der Waals surface area contributed by atoms with Gasteiger partial charge in [-0.05, 0) is 36.4 Å². The van der Waals surface area contributed by atoms with E-state index in [0.29, 0.717) is 11.5 Å². The topological polar surface area (TPSA) is 88.9 Å². The summed E-state index contributed by atoms with van der Waals surface area (Å²) < 4.78 is 19.7. The van der Waals surface area contributed by atoms with E-state index in [0.717, 1.165) is 85.0 Å². The predicted octanol–water partition coefficient (Wildman–Crippen LogP) is 4.68. The molecule has 2 saturated heterocycles. The van der Waals surface area contributed by atoms with Gasteiger partial charge in [0, 0.05) is 63.1 Å². The van der Waals surface area contributed by atoms with Gasteiger partial charge in [0.15, 0.2) is 0 Å². The molecular formula is C29H34N6O2S. The molecule has 2 aliphatic heterocycles. The van der Waals surface area contributed by atoms with Crippen LogP contribution in [0.1, 0.15) is 5.56 Å². The number of aromatic nitrogens is 3. The Labute approximate surface area is 225 Å². The average molecular weight is 531 g/mol. The number of likely N-dealkylation sites (N-methyl/N-ethyl adjacent to an activating group) is 1. The van der Waals surface area contributed by atoms with Crippen LogP contribution < -0.4 is 4.90 Å². The third kappa shape index (κ3) is 5.52. The largest absolute Gasteiger partial charge is 0.354 e. The molecule has 0 aliphatic carbocycles. The molecule has 0 unspecified atom stereocenters. The summed E-state index contributed by atoms with van der Waals surface area (Å²) in [5.74, 6) is 1.95. The highest BCUT2D eigenvalue weighted by atomic mass is 32.3. The van der Waals surface area contributed by atoms with Crippen molar-refractivity contribution in [2.45, 2.75) is 6.54 Å². The second kappa shape index (κ2) is 10.6. The van der Waals surface area contributed by atoms with Gasteiger partial charge in [0.2, 0.25) is 0 Å². The molecule has 0 radical (unpaired) electrons. The van der Waals surface area contributed by atoms with Gasteiger partial charge in [-0.2, -0.15) is 10.6 Å². The maximum Gasteiger partial charge on any atom is 0.128 e. The van der Waals surface area contributed by atoms with Crippen LogP contribution in [0.3, 0.4) is 0 Å². The maximum atomic E-state index is 9.87. The molecular weight excluding hydrogens is 496 g/mol. The van der Waals surface area contributed by atoms with Gasteiger partial charge >= 0.3 is 0 Å². The number of nitrogens with zero attached hydrogens (tertiary/aromatic N) is 6. The van der Waals surface area contributed by atoms with Crippen LogP contribution in [0.5, 0.6) is 0 Å². The van der Waals surface area contributed by atoms with Crippen LogP contribution in [0, 0.1) is 0 Å². The molecule has 9 heteroatoms. The van der Waals surface area contributed by atoms with Gasteiger partial charge in [-0.15, -0.1) is 0 Å². The monoisotopic (exact) mass is 530 g/mol. The third-order valence-corrected chi connectivity index (χ3v) is 9.26. The van der Waals surface area contributed by atoms with Crippen LogP contribution >= 0.6 is 10.6 Å². The van der Waals surface area contributed by atoms with E-state index in [1.165, 1.54) is 5.56 Å². The van der Waals surface area contributed by atoms with E-state index in [2.05, 4.69) is 64.2 Å². The number of rotatable bonds is 5. The van der Waals surface area contributed by atoms with Crippen molar-refractivity contribution < 1.29 is 9.11 Å². The van der Waals surface area contributed by atoms with Gasteiger partial charge in [-0.25, -0.2) is 9.97 Å². The molecule has 2 fully saturated rings. The zero-order chi connectivity index (χ0) is 26.1. The lowest BCUT2D eigenvalue weighted by Gasteiger charge is -2.41. The van der Waals surface area contributed by atoms with Gasteiger partial charge in [-0.3, -0.25) is 19.0 Å². The van der Waals surface area contributed by atoms with Crippen molar-refractivity contribution in [3.05, 3.63) is 72.6 Å². The number of hydrogen-bond donors (Lipinski definition) is 2. The molecule has 0 bridgehead atoms. The molecule has 6 rings (SSSR count). The summed E-state index contributed by atoms with van der Waals surface area (Å²) in [6.45, 7) is 6.34. The first-order chi connectivity index (χ1) is 18.4. The third-order valence-electron chi connectivity index (χ3n) is 7.58. The summed E-state index contributed by atoms with van der Waals surface area (Å²) in [7, 11) is -0.209. The lowest BCUT2D eigenvalue weighted by molar-refractivity contribution is 0.278. The molecule has 0 saturated carbocycles. The smallest absolute Gasteiger partial charge is 0.128 e. The van der Waals surface area contributed by atoms with Gasteiger partial charge < -0.3 is 9.80 Å². The van der Waals surface area contributed by atoms with Gasteiger partial charge in [0.05, 0.1) is 34.4 Å². The van der Waals surface area contributed by atoms with E-state index in [1.54, 1.807) is 0 Å². The Hall–Kier alpha value is -3.08. The normalized spacial score (nSPS) is 19.5. The van der Waals surface area contributed by atoms with E-state index >= 15 is 0 Å². The Kier molecular flexibility index (Phi) is 7.03. The number of anilines is 1. The zero-order valence-electron chi connectivity index (χ0n) is 21.7. The summed E-state index contributed by atoms with van der Waals surface area (Å²) in [4.78, 5) is 21.4. The molecule has 2 aromatic carbocycles. The average Bonchev–Trinajstić information content (AvgIpc) is 2.95. The minimum atomic E-state index is -2.37. The Morgan fingerprint density at radius 1 is 0.789 bits per heavy atom. The Morgan fingerprint density at radius 3 is 2.24 bits per heavy atom. The number of pyridine rings is 1. The van der Waals surface area contributed by atoms with E-state index in [-0.39, 0.29) is 0 Å². The van der Waals surface area contributed by atoms with Crippen molar-refractivity contribution >= 4 is 27.4 Å². The van der Waals surface area contributed by atoms with Gasteiger partial charge in [0.1, 0.15) is 5.82 Å². The van der Waals surface area contributed by atoms with Crippen molar-refractivity contribution in [1.29, 1.82) is 0 Å². The van der Waals surface area contributed by atoms with Crippen LogP contribution in [-0.4, -0.2) is 91.7 Å². The molecule has 0 amide bonds. The number of fused-ring (bicyclic) bond motifs is 1. The van der Waals surface area contributed by atoms with E-state index in [4.69, 9.17) is 15.0 Å². The number of para-hydroxylation sites is 1. The second-order valence-electron chi connectivity index (χ2n) is 10.3. The minimum absolute atomic E-state index is 0.468. The first-order valence-corrected chi connectivity index (χ1v) is 15.0. The quantitative estimate of drug-likeness (QED) is 0.385. The lowest BCUT2D eigenvalue weighted by Crippen LogP contribution is -2.44. The maximum absolute atomic E-state index is 9.87. The highest BCUT2D eigenvalue weighted by molar-refractivity contribution is 8.24. The highest BCUT2D eigenvalue weighted by Crippen LogP contribution is 2.40. The number of piperazine rings is 1. The first-order valence-electron chi connectivity index (χ1n) is 13.1. The standard InChI is InChI=1S/C29H34N6O2S/c1-33-11-13-35(14-12-33)28-10-9-24(19-31-28)27-20-30-26-4-2-3-25(29(26)32-27)23-7-5-22(6-8-23)21-34-15-17-38(36,37)18-16-34/h2-10,19-20,36-37H,11-18,21H2,1H3. The Morgan fingerprint density at radius 2 is 1.53 bits per heavy atom. The van der Waals surface area contributed by atoms with Gasteiger partial charge in [0.25, 0.3) is 0 Å². The van der Waals surface area contributed by atoms with E-state index in [1.807, 2.05) is 24.5 Å². The van der Waals surface area contributed by atoms with Crippen molar-refractivity contribution in [1.82, 2.24) is 24.8 Å². The molecule has 38 heavy (non-hydrogen) atoms. The molecule has 2 aliphatic rings. The number of benzene rings is 2. The van der Waals surface area contributed by atoms with Gasteiger partial charge in [-0.1, -0.05) is 36.4 Å². The van der Waals surface area contributed by atoms with Crippen LogP contribution in [0.25, 0.3) is 33.4 Å². The minimum Gasteiger partial charge on any atom is -0.354 e. The second-order valence-corrected chi connectivity index (χ2v) is 12.7. The molecule has 4 heterocycles. The summed E-state index contributed by atoms with van der Waals surface area (Å²) in [6.07, 6.45) is 3.73. The van der Waals surface area contributed by atoms with Crippen molar-refractivity contribution in [3.63, 3.8) is 0 Å². The Balaban J connectivity index is 1.21.